The van der Waals surface area contributed by atoms with Crippen LogP contribution >= 0.6 is 0 Å². The van der Waals surface area contributed by atoms with Crippen molar-refractivity contribution in [2.45, 2.75) is 59.5 Å². The van der Waals surface area contributed by atoms with E-state index in [1.54, 1.807) is 0 Å². The van der Waals surface area contributed by atoms with Crippen LogP contribution in [-0.4, -0.2) is 11.6 Å². The lowest BCUT2D eigenvalue weighted by atomic mass is 9.76. The van der Waals surface area contributed by atoms with Crippen LogP contribution in [0.15, 0.2) is 0 Å². The van der Waals surface area contributed by atoms with Crippen molar-refractivity contribution < 1.29 is 9.53 Å². The molecular weight excluding hydrogens is 188 g/mol. The molecule has 0 amide bonds. The van der Waals surface area contributed by atoms with Gasteiger partial charge in [-0.15, -0.1) is 0 Å². The van der Waals surface area contributed by atoms with Crippen molar-refractivity contribution >= 4 is 5.97 Å². The Balaban J connectivity index is 2.48. The molecular formula is C13H24O2. The van der Waals surface area contributed by atoms with Crippen LogP contribution in [0.4, 0.5) is 0 Å². The molecule has 2 nitrogen and oxygen atoms in total. The molecule has 88 valence electrons. The first kappa shape index (κ1) is 12.5. The molecule has 0 aromatic carbocycles. The molecule has 1 rings (SSSR count). The Morgan fingerprint density at radius 2 is 1.73 bits per heavy atom. The van der Waals surface area contributed by atoms with Gasteiger partial charge in [-0.1, -0.05) is 13.8 Å². The molecule has 0 radical (unpaired) electrons. The van der Waals surface area contributed by atoms with Crippen molar-refractivity contribution in [3.05, 3.63) is 0 Å². The largest absolute Gasteiger partial charge is 0.460 e. The average molecular weight is 212 g/mol. The zero-order valence-corrected chi connectivity index (χ0v) is 10.7. The molecule has 1 aliphatic rings. The number of carbonyl (C=O) groups is 1. The van der Waals surface area contributed by atoms with E-state index in [-0.39, 0.29) is 17.5 Å². The minimum absolute atomic E-state index is 0.00116. The van der Waals surface area contributed by atoms with E-state index >= 15 is 0 Å². The van der Waals surface area contributed by atoms with Crippen molar-refractivity contribution in [2.24, 2.45) is 17.8 Å². The highest BCUT2D eigenvalue weighted by atomic mass is 16.6. The fraction of sp³-hybridized carbons (Fsp3) is 0.923. The van der Waals surface area contributed by atoms with Crippen LogP contribution in [0.2, 0.25) is 0 Å². The summed E-state index contributed by atoms with van der Waals surface area (Å²) in [6, 6.07) is 0. The Hall–Kier alpha value is -0.530. The van der Waals surface area contributed by atoms with Gasteiger partial charge in [0.25, 0.3) is 0 Å². The van der Waals surface area contributed by atoms with Crippen molar-refractivity contribution in [1.29, 1.82) is 0 Å². The van der Waals surface area contributed by atoms with Crippen LogP contribution in [0.5, 0.6) is 0 Å². The Bertz CT molecular complexity index is 227. The summed E-state index contributed by atoms with van der Waals surface area (Å²) < 4.78 is 5.42. The molecule has 0 aromatic rings. The highest BCUT2D eigenvalue weighted by molar-refractivity contribution is 5.73. The van der Waals surface area contributed by atoms with Gasteiger partial charge in [0.05, 0.1) is 5.92 Å². The monoisotopic (exact) mass is 212 g/mol. The standard InChI is InChI=1S/C13H24O2/c1-9-6-7-11(8-10(9)2)12(14)15-13(3,4)5/h9-11H,6-8H2,1-5H3/t9?,10?,11-/m0/s1. The van der Waals surface area contributed by atoms with E-state index in [4.69, 9.17) is 4.74 Å². The minimum Gasteiger partial charge on any atom is -0.460 e. The highest BCUT2D eigenvalue weighted by Gasteiger charge is 2.31. The lowest BCUT2D eigenvalue weighted by molar-refractivity contribution is -0.162. The van der Waals surface area contributed by atoms with Gasteiger partial charge in [0.15, 0.2) is 0 Å². The number of carbonyl (C=O) groups excluding carboxylic acids is 1. The van der Waals surface area contributed by atoms with E-state index in [0.717, 1.165) is 25.2 Å². The Kier molecular flexibility index (Phi) is 3.80. The third-order valence-electron chi connectivity index (χ3n) is 3.34. The third kappa shape index (κ3) is 3.84. The summed E-state index contributed by atoms with van der Waals surface area (Å²) in [5.41, 5.74) is -0.344. The fourth-order valence-electron chi connectivity index (χ4n) is 2.15. The number of rotatable bonds is 1. The topological polar surface area (TPSA) is 26.3 Å². The van der Waals surface area contributed by atoms with Crippen molar-refractivity contribution in [2.75, 3.05) is 0 Å². The molecule has 1 fully saturated rings. The predicted octanol–water partition coefficient (Wildman–Crippen LogP) is 3.40. The molecule has 0 N–H and O–H groups in total. The van der Waals surface area contributed by atoms with Gasteiger partial charge in [-0.25, -0.2) is 0 Å². The Labute approximate surface area is 93.4 Å². The van der Waals surface area contributed by atoms with Gasteiger partial charge in [-0.2, -0.15) is 0 Å². The summed E-state index contributed by atoms with van der Waals surface area (Å²) in [7, 11) is 0. The Morgan fingerprint density at radius 3 is 2.20 bits per heavy atom. The lowest BCUT2D eigenvalue weighted by Gasteiger charge is -2.32. The summed E-state index contributed by atoms with van der Waals surface area (Å²) in [5.74, 6) is 1.54. The van der Waals surface area contributed by atoms with Crippen LogP contribution in [0, 0.1) is 17.8 Å². The first-order valence-corrected chi connectivity index (χ1v) is 6.02. The molecule has 0 aliphatic heterocycles. The molecule has 1 saturated carbocycles. The summed E-state index contributed by atoms with van der Waals surface area (Å²) in [6.07, 6.45) is 3.15. The van der Waals surface area contributed by atoms with Gasteiger partial charge in [-0.05, 0) is 51.9 Å². The molecule has 3 atom stereocenters. The zero-order chi connectivity index (χ0) is 11.6. The van der Waals surface area contributed by atoms with Crippen molar-refractivity contribution in [3.63, 3.8) is 0 Å². The molecule has 1 aliphatic carbocycles. The van der Waals surface area contributed by atoms with Gasteiger partial charge in [-0.3, -0.25) is 4.79 Å². The van der Waals surface area contributed by atoms with Crippen LogP contribution < -0.4 is 0 Å². The van der Waals surface area contributed by atoms with Crippen molar-refractivity contribution in [1.82, 2.24) is 0 Å². The SMILES string of the molecule is CC1CC[C@H](C(=O)OC(C)(C)C)CC1C. The first-order valence-electron chi connectivity index (χ1n) is 6.02. The second-order valence-electron chi connectivity index (χ2n) is 6.00. The van der Waals surface area contributed by atoms with E-state index in [0.29, 0.717) is 5.92 Å². The first-order chi connectivity index (χ1) is 6.79. The number of ether oxygens (including phenoxy) is 1. The van der Waals surface area contributed by atoms with Crippen LogP contribution in [0.25, 0.3) is 0 Å². The second-order valence-corrected chi connectivity index (χ2v) is 6.00. The normalized spacial score (nSPS) is 32.5. The van der Waals surface area contributed by atoms with E-state index in [9.17, 15) is 4.79 Å². The summed E-state index contributed by atoms with van der Waals surface area (Å²) in [4.78, 5) is 11.8. The van der Waals surface area contributed by atoms with Crippen LogP contribution in [-0.2, 0) is 9.53 Å². The fourth-order valence-corrected chi connectivity index (χ4v) is 2.15. The molecule has 2 heteroatoms. The summed E-state index contributed by atoms with van der Waals surface area (Å²) in [5, 5.41) is 0. The van der Waals surface area contributed by atoms with Crippen LogP contribution in [0.3, 0.4) is 0 Å². The van der Waals surface area contributed by atoms with E-state index < -0.39 is 0 Å². The van der Waals surface area contributed by atoms with Gasteiger partial charge < -0.3 is 4.74 Å². The molecule has 0 bridgehead atoms. The van der Waals surface area contributed by atoms with E-state index in [1.807, 2.05) is 20.8 Å². The maximum atomic E-state index is 11.8. The quantitative estimate of drug-likeness (QED) is 0.623. The average Bonchev–Trinajstić information content (AvgIpc) is 2.06. The molecule has 2 unspecified atom stereocenters. The molecule has 15 heavy (non-hydrogen) atoms. The summed E-state index contributed by atoms with van der Waals surface area (Å²) in [6.45, 7) is 10.3. The van der Waals surface area contributed by atoms with Crippen molar-refractivity contribution in [3.8, 4) is 0 Å². The smallest absolute Gasteiger partial charge is 0.309 e. The van der Waals surface area contributed by atoms with E-state index in [2.05, 4.69) is 13.8 Å². The maximum absolute atomic E-state index is 11.8. The van der Waals surface area contributed by atoms with Gasteiger partial charge in [0.2, 0.25) is 0 Å². The maximum Gasteiger partial charge on any atom is 0.309 e. The minimum atomic E-state index is -0.344. The number of hydrogen-bond acceptors (Lipinski definition) is 2. The number of hydrogen-bond donors (Lipinski definition) is 0. The highest BCUT2D eigenvalue weighted by Crippen LogP contribution is 2.34. The Morgan fingerprint density at radius 1 is 1.13 bits per heavy atom. The van der Waals surface area contributed by atoms with Gasteiger partial charge in [0.1, 0.15) is 5.60 Å². The number of esters is 1. The van der Waals surface area contributed by atoms with Gasteiger partial charge in [0, 0.05) is 0 Å². The second kappa shape index (κ2) is 4.54. The third-order valence-corrected chi connectivity index (χ3v) is 3.34. The van der Waals surface area contributed by atoms with Crippen LogP contribution in [0.1, 0.15) is 53.9 Å². The molecule has 0 heterocycles. The summed E-state index contributed by atoms with van der Waals surface area (Å²) >= 11 is 0. The predicted molar refractivity (Wildman–Crippen MR) is 61.5 cm³/mol. The zero-order valence-electron chi connectivity index (χ0n) is 10.7. The molecule has 0 saturated heterocycles. The lowest BCUT2D eigenvalue weighted by Crippen LogP contribution is -2.32. The van der Waals surface area contributed by atoms with Gasteiger partial charge >= 0.3 is 5.97 Å². The van der Waals surface area contributed by atoms with E-state index in [1.165, 1.54) is 0 Å². The molecule has 0 spiro atoms. The molecule has 0 aromatic heterocycles.